The molecule has 1 aliphatic heterocycles. The summed E-state index contributed by atoms with van der Waals surface area (Å²) >= 11 is 5.79. The maximum absolute atomic E-state index is 14.2. The summed E-state index contributed by atoms with van der Waals surface area (Å²) in [6.45, 7) is 1.75. The van der Waals surface area contributed by atoms with E-state index in [1.54, 1.807) is 36.4 Å². The second-order valence-corrected chi connectivity index (χ2v) is 5.88. The molecule has 3 rings (SSSR count). The van der Waals surface area contributed by atoms with Crippen LogP contribution in [0.15, 0.2) is 42.5 Å². The lowest BCUT2D eigenvalue weighted by Gasteiger charge is -2.19. The summed E-state index contributed by atoms with van der Waals surface area (Å²) in [5, 5.41) is 5.88. The van der Waals surface area contributed by atoms with Gasteiger partial charge in [-0.1, -0.05) is 11.6 Å². The molecule has 23 heavy (non-hydrogen) atoms. The van der Waals surface area contributed by atoms with E-state index in [1.165, 1.54) is 6.07 Å². The fourth-order valence-corrected chi connectivity index (χ4v) is 2.75. The number of benzene rings is 2. The van der Waals surface area contributed by atoms with Gasteiger partial charge in [-0.15, -0.1) is 0 Å². The summed E-state index contributed by atoms with van der Waals surface area (Å²) in [5.41, 5.74) is 1.61. The first-order chi connectivity index (χ1) is 11.1. The first-order valence-corrected chi connectivity index (χ1v) is 7.88. The summed E-state index contributed by atoms with van der Waals surface area (Å²) in [7, 11) is 0. The molecule has 0 radical (unpaired) electrons. The van der Waals surface area contributed by atoms with Gasteiger partial charge in [0.05, 0.1) is 5.69 Å². The number of rotatable bonds is 3. The number of carbonyl (C=O) groups excluding carboxylic acids is 1. The van der Waals surface area contributed by atoms with E-state index in [9.17, 15) is 9.18 Å². The SMILES string of the molecule is O=C(Nc1ccc(Cl)cc1)Nc1ccc(N2CCCC2)c(F)c1. The predicted octanol–water partition coefficient (Wildman–Crippen LogP) is 4.72. The van der Waals surface area contributed by atoms with Crippen molar-refractivity contribution in [1.29, 1.82) is 0 Å². The van der Waals surface area contributed by atoms with Crippen LogP contribution in [0.1, 0.15) is 12.8 Å². The fraction of sp³-hybridized carbons (Fsp3) is 0.235. The number of amides is 2. The van der Waals surface area contributed by atoms with Crippen molar-refractivity contribution >= 4 is 34.7 Å². The van der Waals surface area contributed by atoms with E-state index in [0.29, 0.717) is 22.1 Å². The molecule has 0 aliphatic carbocycles. The van der Waals surface area contributed by atoms with Crippen LogP contribution in [0.3, 0.4) is 0 Å². The quantitative estimate of drug-likeness (QED) is 0.853. The average molecular weight is 334 g/mol. The number of hydrogen-bond donors (Lipinski definition) is 2. The Labute approximate surface area is 139 Å². The Hall–Kier alpha value is -2.27. The van der Waals surface area contributed by atoms with E-state index >= 15 is 0 Å². The van der Waals surface area contributed by atoms with E-state index in [4.69, 9.17) is 11.6 Å². The van der Waals surface area contributed by atoms with Crippen molar-refractivity contribution in [3.05, 3.63) is 53.3 Å². The van der Waals surface area contributed by atoms with Crippen LogP contribution in [0.4, 0.5) is 26.2 Å². The molecular formula is C17H17ClFN3O. The molecule has 4 nitrogen and oxygen atoms in total. The Morgan fingerprint density at radius 1 is 1.00 bits per heavy atom. The zero-order valence-corrected chi connectivity index (χ0v) is 13.2. The topological polar surface area (TPSA) is 44.4 Å². The van der Waals surface area contributed by atoms with E-state index in [1.807, 2.05) is 4.90 Å². The van der Waals surface area contributed by atoms with Crippen molar-refractivity contribution in [2.45, 2.75) is 12.8 Å². The molecule has 1 heterocycles. The van der Waals surface area contributed by atoms with Crippen molar-refractivity contribution < 1.29 is 9.18 Å². The van der Waals surface area contributed by atoms with Crippen LogP contribution < -0.4 is 15.5 Å². The minimum absolute atomic E-state index is 0.323. The van der Waals surface area contributed by atoms with Crippen molar-refractivity contribution in [2.24, 2.45) is 0 Å². The van der Waals surface area contributed by atoms with Gasteiger partial charge in [0.15, 0.2) is 0 Å². The van der Waals surface area contributed by atoms with Gasteiger partial charge in [-0.3, -0.25) is 0 Å². The van der Waals surface area contributed by atoms with Crippen LogP contribution in [0, 0.1) is 5.82 Å². The molecule has 1 aliphatic rings. The maximum Gasteiger partial charge on any atom is 0.323 e. The molecule has 0 unspecified atom stereocenters. The van der Waals surface area contributed by atoms with Gasteiger partial charge in [-0.2, -0.15) is 0 Å². The molecular weight excluding hydrogens is 317 g/mol. The number of nitrogens with one attached hydrogen (secondary N) is 2. The van der Waals surface area contributed by atoms with Crippen LogP contribution in [0.25, 0.3) is 0 Å². The highest BCUT2D eigenvalue weighted by Crippen LogP contribution is 2.26. The van der Waals surface area contributed by atoms with E-state index < -0.39 is 6.03 Å². The molecule has 2 aromatic rings. The molecule has 2 N–H and O–H groups in total. The van der Waals surface area contributed by atoms with Gasteiger partial charge in [-0.05, 0) is 55.3 Å². The molecule has 120 valence electrons. The monoisotopic (exact) mass is 333 g/mol. The van der Waals surface area contributed by atoms with Crippen LogP contribution in [0.2, 0.25) is 5.02 Å². The summed E-state index contributed by atoms with van der Waals surface area (Å²) < 4.78 is 14.2. The maximum atomic E-state index is 14.2. The first kappa shape index (κ1) is 15.6. The summed E-state index contributed by atoms with van der Waals surface area (Å²) in [6.07, 6.45) is 2.17. The lowest BCUT2D eigenvalue weighted by Crippen LogP contribution is -2.21. The largest absolute Gasteiger partial charge is 0.369 e. The number of halogens is 2. The highest BCUT2D eigenvalue weighted by molar-refractivity contribution is 6.30. The second-order valence-electron chi connectivity index (χ2n) is 5.45. The lowest BCUT2D eigenvalue weighted by atomic mass is 10.2. The zero-order valence-electron chi connectivity index (χ0n) is 12.5. The highest BCUT2D eigenvalue weighted by atomic mass is 35.5. The highest BCUT2D eigenvalue weighted by Gasteiger charge is 2.16. The van der Waals surface area contributed by atoms with Crippen LogP contribution in [-0.2, 0) is 0 Å². The molecule has 0 spiro atoms. The summed E-state index contributed by atoms with van der Waals surface area (Å²) in [5.74, 6) is -0.323. The van der Waals surface area contributed by atoms with E-state index in [0.717, 1.165) is 25.9 Å². The van der Waals surface area contributed by atoms with E-state index in [2.05, 4.69) is 10.6 Å². The summed E-state index contributed by atoms with van der Waals surface area (Å²) in [6, 6.07) is 11.1. The molecule has 2 amide bonds. The Morgan fingerprint density at radius 2 is 1.61 bits per heavy atom. The summed E-state index contributed by atoms with van der Waals surface area (Å²) in [4.78, 5) is 14.0. The van der Waals surface area contributed by atoms with Gasteiger partial charge in [0, 0.05) is 29.5 Å². The third-order valence-electron chi connectivity index (χ3n) is 3.75. The third-order valence-corrected chi connectivity index (χ3v) is 4.01. The second kappa shape index (κ2) is 6.87. The van der Waals surface area contributed by atoms with E-state index in [-0.39, 0.29) is 5.82 Å². The van der Waals surface area contributed by atoms with Crippen molar-refractivity contribution in [3.63, 3.8) is 0 Å². The van der Waals surface area contributed by atoms with Crippen LogP contribution >= 0.6 is 11.6 Å². The number of hydrogen-bond acceptors (Lipinski definition) is 2. The smallest absolute Gasteiger partial charge is 0.323 e. The molecule has 2 aromatic carbocycles. The molecule has 0 atom stereocenters. The lowest BCUT2D eigenvalue weighted by molar-refractivity contribution is 0.262. The number of carbonyl (C=O) groups is 1. The molecule has 1 saturated heterocycles. The fourth-order valence-electron chi connectivity index (χ4n) is 2.63. The molecule has 0 aromatic heterocycles. The van der Waals surface area contributed by atoms with Crippen molar-refractivity contribution in [2.75, 3.05) is 28.6 Å². The van der Waals surface area contributed by atoms with Crippen molar-refractivity contribution in [3.8, 4) is 0 Å². The van der Waals surface area contributed by atoms with Gasteiger partial charge >= 0.3 is 6.03 Å². The Kier molecular flexibility index (Phi) is 4.67. The van der Waals surface area contributed by atoms with Gasteiger partial charge in [0.2, 0.25) is 0 Å². The van der Waals surface area contributed by atoms with Crippen molar-refractivity contribution in [1.82, 2.24) is 0 Å². The molecule has 0 saturated carbocycles. The van der Waals surface area contributed by atoms with Crippen LogP contribution in [0.5, 0.6) is 0 Å². The average Bonchev–Trinajstić information content (AvgIpc) is 3.04. The Bertz CT molecular complexity index is 699. The van der Waals surface area contributed by atoms with Gasteiger partial charge in [0.1, 0.15) is 5.82 Å². The number of nitrogens with zero attached hydrogens (tertiary/aromatic N) is 1. The zero-order chi connectivity index (χ0) is 16.2. The van der Waals surface area contributed by atoms with Gasteiger partial charge in [-0.25, -0.2) is 9.18 Å². The normalized spacial score (nSPS) is 13.9. The van der Waals surface area contributed by atoms with Crippen LogP contribution in [-0.4, -0.2) is 19.1 Å². The number of urea groups is 1. The standard InChI is InChI=1S/C17H17ClFN3O/c18-12-3-5-13(6-4-12)20-17(23)21-14-7-8-16(15(19)11-14)22-9-1-2-10-22/h3-8,11H,1-2,9-10H2,(H2,20,21,23). The molecule has 6 heteroatoms. The molecule has 1 fully saturated rings. The number of anilines is 3. The van der Waals surface area contributed by atoms with Gasteiger partial charge < -0.3 is 15.5 Å². The Balaban J connectivity index is 1.64. The minimum atomic E-state index is -0.430. The molecule has 0 bridgehead atoms. The minimum Gasteiger partial charge on any atom is -0.369 e. The first-order valence-electron chi connectivity index (χ1n) is 7.50. The Morgan fingerprint density at radius 3 is 2.26 bits per heavy atom. The predicted molar refractivity (Wildman–Crippen MR) is 91.9 cm³/mol. The third kappa shape index (κ3) is 3.93. The van der Waals surface area contributed by atoms with Gasteiger partial charge in [0.25, 0.3) is 0 Å².